The minimum absolute atomic E-state index is 0.0717. The SMILES string of the molecule is CC1(C)c2ccccc2-c2ccc(-c3ccc4c(-c5ccc(C#N)cc5)c5ccccc5c(-c5ccc6c(c5)C(C)(C)c5ccccc5-6)c4c3)cc21. The smallest absolute Gasteiger partial charge is 0.0991 e. The second kappa shape index (κ2) is 10.9. The van der Waals surface area contributed by atoms with Crippen LogP contribution in [0.15, 0.2) is 152 Å². The summed E-state index contributed by atoms with van der Waals surface area (Å²) in [5.74, 6) is 0. The lowest BCUT2D eigenvalue weighted by molar-refractivity contribution is 0.660. The number of hydrogen-bond acceptors (Lipinski definition) is 1. The van der Waals surface area contributed by atoms with Gasteiger partial charge in [-0.15, -0.1) is 0 Å². The second-order valence-corrected chi connectivity index (χ2v) is 15.6. The Balaban J connectivity index is 1.25. The van der Waals surface area contributed by atoms with Gasteiger partial charge in [-0.3, -0.25) is 0 Å². The van der Waals surface area contributed by atoms with Gasteiger partial charge in [0.1, 0.15) is 0 Å². The molecule has 2 aliphatic rings. The molecule has 0 aromatic heterocycles. The molecule has 0 spiro atoms. The first-order valence-corrected chi connectivity index (χ1v) is 18.2. The number of hydrogen-bond donors (Lipinski definition) is 0. The Labute approximate surface area is 305 Å². The second-order valence-electron chi connectivity index (χ2n) is 15.6. The van der Waals surface area contributed by atoms with E-state index in [1.165, 1.54) is 93.9 Å². The van der Waals surface area contributed by atoms with Crippen molar-refractivity contribution in [2.45, 2.75) is 38.5 Å². The zero-order valence-electron chi connectivity index (χ0n) is 29.9. The van der Waals surface area contributed by atoms with Gasteiger partial charge >= 0.3 is 0 Å². The summed E-state index contributed by atoms with van der Waals surface area (Å²) in [6.07, 6.45) is 0. The lowest BCUT2D eigenvalue weighted by atomic mass is 9.80. The highest BCUT2D eigenvalue weighted by Crippen LogP contribution is 2.53. The Morgan fingerprint density at radius 2 is 0.788 bits per heavy atom. The van der Waals surface area contributed by atoms with E-state index in [-0.39, 0.29) is 10.8 Å². The molecule has 0 unspecified atom stereocenters. The lowest BCUT2D eigenvalue weighted by Gasteiger charge is -2.23. The molecule has 0 N–H and O–H groups in total. The van der Waals surface area contributed by atoms with E-state index >= 15 is 0 Å². The molecular formula is C51H37N. The highest BCUT2D eigenvalue weighted by atomic mass is 14.4. The third-order valence-corrected chi connectivity index (χ3v) is 12.1. The molecule has 0 saturated heterocycles. The van der Waals surface area contributed by atoms with Gasteiger partial charge in [0, 0.05) is 10.8 Å². The molecule has 52 heavy (non-hydrogen) atoms. The van der Waals surface area contributed by atoms with Gasteiger partial charge in [0.2, 0.25) is 0 Å². The summed E-state index contributed by atoms with van der Waals surface area (Å²) >= 11 is 0. The fourth-order valence-corrected chi connectivity index (χ4v) is 9.44. The predicted octanol–water partition coefficient (Wildman–Crippen LogP) is 13.5. The Bertz CT molecular complexity index is 2840. The van der Waals surface area contributed by atoms with E-state index in [1.807, 2.05) is 12.1 Å². The molecule has 8 aromatic rings. The van der Waals surface area contributed by atoms with E-state index in [0.29, 0.717) is 5.56 Å². The molecule has 8 aromatic carbocycles. The van der Waals surface area contributed by atoms with Crippen molar-refractivity contribution in [3.63, 3.8) is 0 Å². The predicted molar refractivity (Wildman–Crippen MR) is 218 cm³/mol. The van der Waals surface area contributed by atoms with Crippen LogP contribution in [0.5, 0.6) is 0 Å². The molecule has 2 aliphatic carbocycles. The van der Waals surface area contributed by atoms with E-state index in [1.54, 1.807) is 0 Å². The molecule has 0 atom stereocenters. The van der Waals surface area contributed by atoms with Crippen molar-refractivity contribution in [3.05, 3.63) is 179 Å². The highest BCUT2D eigenvalue weighted by Gasteiger charge is 2.36. The number of nitrogens with zero attached hydrogens (tertiary/aromatic N) is 1. The quantitative estimate of drug-likeness (QED) is 0.173. The van der Waals surface area contributed by atoms with Crippen molar-refractivity contribution in [2.75, 3.05) is 0 Å². The van der Waals surface area contributed by atoms with E-state index in [4.69, 9.17) is 0 Å². The molecule has 0 bridgehead atoms. The van der Waals surface area contributed by atoms with Crippen LogP contribution in [0.4, 0.5) is 0 Å². The summed E-state index contributed by atoms with van der Waals surface area (Å²) in [5, 5.41) is 14.5. The average Bonchev–Trinajstić information content (AvgIpc) is 3.55. The Kier molecular flexibility index (Phi) is 6.40. The van der Waals surface area contributed by atoms with Crippen LogP contribution >= 0.6 is 0 Å². The summed E-state index contributed by atoms with van der Waals surface area (Å²) in [5.41, 5.74) is 18.6. The number of rotatable bonds is 3. The maximum atomic E-state index is 9.60. The van der Waals surface area contributed by atoms with Gasteiger partial charge in [-0.25, -0.2) is 0 Å². The molecule has 10 rings (SSSR count). The van der Waals surface area contributed by atoms with Crippen molar-refractivity contribution in [2.24, 2.45) is 0 Å². The van der Waals surface area contributed by atoms with Gasteiger partial charge in [-0.1, -0.05) is 149 Å². The highest BCUT2D eigenvalue weighted by molar-refractivity contribution is 6.22. The normalized spacial score (nSPS) is 14.4. The molecule has 0 saturated carbocycles. The largest absolute Gasteiger partial charge is 0.192 e. The van der Waals surface area contributed by atoms with Crippen LogP contribution in [0.25, 0.3) is 77.2 Å². The number of fused-ring (bicyclic) bond motifs is 8. The van der Waals surface area contributed by atoms with E-state index in [0.717, 1.165) is 5.56 Å². The van der Waals surface area contributed by atoms with Crippen LogP contribution < -0.4 is 0 Å². The van der Waals surface area contributed by atoms with Crippen molar-refractivity contribution in [1.82, 2.24) is 0 Å². The van der Waals surface area contributed by atoms with Crippen LogP contribution in [-0.2, 0) is 10.8 Å². The minimum atomic E-state index is -0.101. The summed E-state index contributed by atoms with van der Waals surface area (Å²) in [4.78, 5) is 0. The van der Waals surface area contributed by atoms with E-state index in [2.05, 4.69) is 173 Å². The molecule has 0 aliphatic heterocycles. The fraction of sp³-hybridized carbons (Fsp3) is 0.118. The lowest BCUT2D eigenvalue weighted by Crippen LogP contribution is -2.14. The van der Waals surface area contributed by atoms with Gasteiger partial charge in [-0.05, 0) is 130 Å². The molecular weight excluding hydrogens is 627 g/mol. The van der Waals surface area contributed by atoms with Crippen LogP contribution in [0.3, 0.4) is 0 Å². The van der Waals surface area contributed by atoms with Crippen LogP contribution in [0.2, 0.25) is 0 Å². The average molecular weight is 664 g/mol. The first-order chi connectivity index (χ1) is 25.3. The van der Waals surface area contributed by atoms with Crippen LogP contribution in [-0.4, -0.2) is 0 Å². The molecule has 1 nitrogen and oxygen atoms in total. The van der Waals surface area contributed by atoms with Crippen LogP contribution in [0, 0.1) is 11.3 Å². The Morgan fingerprint density at radius 3 is 1.38 bits per heavy atom. The number of benzene rings is 8. The molecule has 0 amide bonds. The zero-order chi connectivity index (χ0) is 35.4. The summed E-state index contributed by atoms with van der Waals surface area (Å²) in [6.45, 7) is 9.42. The summed E-state index contributed by atoms with van der Waals surface area (Å²) < 4.78 is 0. The van der Waals surface area contributed by atoms with Crippen molar-refractivity contribution in [1.29, 1.82) is 5.26 Å². The monoisotopic (exact) mass is 663 g/mol. The van der Waals surface area contributed by atoms with Gasteiger partial charge in [0.05, 0.1) is 11.6 Å². The van der Waals surface area contributed by atoms with Gasteiger partial charge in [0.25, 0.3) is 0 Å². The molecule has 246 valence electrons. The van der Waals surface area contributed by atoms with Crippen LogP contribution in [0.1, 0.15) is 55.5 Å². The summed E-state index contributed by atoms with van der Waals surface area (Å²) in [7, 11) is 0. The first kappa shape index (κ1) is 30.6. The molecule has 0 radical (unpaired) electrons. The van der Waals surface area contributed by atoms with Crippen molar-refractivity contribution < 1.29 is 0 Å². The van der Waals surface area contributed by atoms with Crippen molar-refractivity contribution in [3.8, 4) is 61.7 Å². The van der Waals surface area contributed by atoms with E-state index in [9.17, 15) is 5.26 Å². The topological polar surface area (TPSA) is 23.8 Å². The Hall–Kier alpha value is -6.23. The molecule has 0 fully saturated rings. The summed E-state index contributed by atoms with van der Waals surface area (Å²) in [6, 6.07) is 58.2. The standard InChI is InChI=1S/C51H37N/c1-50(2)44-15-9-7-11-36(44)38-24-21-34(28-46(38)50)33-22-26-42-43(27-33)49(35-23-25-39-37-12-8-10-16-45(37)51(3,4)47(39)29-35)41-14-6-5-13-40(41)48(42)32-19-17-31(30-52)18-20-32/h5-29H,1-4H3. The maximum Gasteiger partial charge on any atom is 0.0991 e. The third kappa shape index (κ3) is 4.22. The maximum absolute atomic E-state index is 9.60. The van der Waals surface area contributed by atoms with E-state index < -0.39 is 0 Å². The molecule has 1 heteroatoms. The number of nitriles is 1. The Morgan fingerprint density at radius 1 is 0.365 bits per heavy atom. The minimum Gasteiger partial charge on any atom is -0.192 e. The van der Waals surface area contributed by atoms with Gasteiger partial charge < -0.3 is 0 Å². The van der Waals surface area contributed by atoms with Gasteiger partial charge in [-0.2, -0.15) is 5.26 Å². The fourth-order valence-electron chi connectivity index (χ4n) is 9.44. The van der Waals surface area contributed by atoms with Gasteiger partial charge in [0.15, 0.2) is 0 Å². The first-order valence-electron chi connectivity index (χ1n) is 18.2. The van der Waals surface area contributed by atoms with Crippen molar-refractivity contribution >= 4 is 21.5 Å². The third-order valence-electron chi connectivity index (χ3n) is 12.1. The zero-order valence-corrected chi connectivity index (χ0v) is 29.9. The molecule has 0 heterocycles.